The van der Waals surface area contributed by atoms with Crippen LogP contribution in [0.2, 0.25) is 5.02 Å². The van der Waals surface area contributed by atoms with Crippen LogP contribution in [0.4, 0.5) is 5.69 Å². The standard InChI is InChI=1S/C25H34ClN3O5S/c1-5-7-16-27-25(31)19(3)28(17-20-12-8-9-13-21(20)26)24(30)18-29(35(4,32)33)22-14-10-11-15-23(22)34-6-2/h8-15,19H,5-7,16-18H2,1-4H3,(H,27,31)/t19-/m1/s1. The predicted molar refractivity (Wildman–Crippen MR) is 139 cm³/mol. The van der Waals surface area contributed by atoms with Crippen LogP contribution < -0.4 is 14.4 Å². The van der Waals surface area contributed by atoms with Crippen molar-refractivity contribution in [3.8, 4) is 5.75 Å². The molecule has 0 aromatic heterocycles. The maximum absolute atomic E-state index is 13.6. The van der Waals surface area contributed by atoms with Crippen LogP contribution in [0.1, 0.15) is 39.2 Å². The van der Waals surface area contributed by atoms with Crippen LogP contribution in [-0.2, 0) is 26.2 Å². The fourth-order valence-corrected chi connectivity index (χ4v) is 4.51. The normalized spacial score (nSPS) is 12.0. The Hall–Kier alpha value is -2.78. The number of amides is 2. The molecule has 0 aliphatic carbocycles. The molecule has 0 heterocycles. The first kappa shape index (κ1) is 28.5. The molecule has 8 nitrogen and oxygen atoms in total. The van der Waals surface area contributed by atoms with Crippen molar-refractivity contribution in [3.63, 3.8) is 0 Å². The number of carbonyl (C=O) groups is 2. The molecule has 0 unspecified atom stereocenters. The summed E-state index contributed by atoms with van der Waals surface area (Å²) in [6, 6.07) is 12.8. The van der Waals surface area contributed by atoms with Crippen molar-refractivity contribution in [1.82, 2.24) is 10.2 Å². The van der Waals surface area contributed by atoms with Crippen LogP contribution in [0.5, 0.6) is 5.75 Å². The molecule has 1 atom stereocenters. The molecular weight excluding hydrogens is 490 g/mol. The summed E-state index contributed by atoms with van der Waals surface area (Å²) < 4.78 is 32.1. The number of para-hydroxylation sites is 2. The van der Waals surface area contributed by atoms with Gasteiger partial charge in [0.1, 0.15) is 18.3 Å². The number of anilines is 1. The monoisotopic (exact) mass is 523 g/mol. The highest BCUT2D eigenvalue weighted by Gasteiger charge is 2.31. The maximum Gasteiger partial charge on any atom is 0.244 e. The summed E-state index contributed by atoms with van der Waals surface area (Å²) in [4.78, 5) is 27.8. The molecule has 10 heteroatoms. The predicted octanol–water partition coefficient (Wildman–Crippen LogP) is 3.84. The molecule has 2 aromatic rings. The molecule has 0 saturated heterocycles. The van der Waals surface area contributed by atoms with E-state index in [4.69, 9.17) is 16.3 Å². The van der Waals surface area contributed by atoms with Gasteiger partial charge >= 0.3 is 0 Å². The molecular formula is C25H34ClN3O5S. The average Bonchev–Trinajstić information content (AvgIpc) is 2.81. The lowest BCUT2D eigenvalue weighted by atomic mass is 10.1. The summed E-state index contributed by atoms with van der Waals surface area (Å²) >= 11 is 6.33. The molecule has 192 valence electrons. The van der Waals surface area contributed by atoms with Gasteiger partial charge < -0.3 is 15.0 Å². The first-order chi connectivity index (χ1) is 16.6. The van der Waals surface area contributed by atoms with E-state index in [-0.39, 0.29) is 18.1 Å². The number of sulfonamides is 1. The van der Waals surface area contributed by atoms with Gasteiger partial charge in [0.25, 0.3) is 0 Å². The molecule has 2 aromatic carbocycles. The molecule has 1 N–H and O–H groups in total. The molecule has 0 aliphatic rings. The van der Waals surface area contributed by atoms with Gasteiger partial charge in [0.05, 0.1) is 18.6 Å². The quantitative estimate of drug-likeness (QED) is 0.402. The third-order valence-electron chi connectivity index (χ3n) is 5.41. The number of carbonyl (C=O) groups excluding carboxylic acids is 2. The minimum absolute atomic E-state index is 0.0472. The van der Waals surface area contributed by atoms with Crippen molar-refractivity contribution >= 4 is 39.1 Å². The molecule has 35 heavy (non-hydrogen) atoms. The third-order valence-corrected chi connectivity index (χ3v) is 6.90. The van der Waals surface area contributed by atoms with Crippen LogP contribution in [0.15, 0.2) is 48.5 Å². The van der Waals surface area contributed by atoms with Crippen molar-refractivity contribution in [2.75, 3.05) is 30.3 Å². The SMILES string of the molecule is CCCCNC(=O)[C@@H](C)N(Cc1ccccc1Cl)C(=O)CN(c1ccccc1OCC)S(C)(=O)=O. The van der Waals surface area contributed by atoms with Gasteiger partial charge in [-0.15, -0.1) is 0 Å². The van der Waals surface area contributed by atoms with Gasteiger partial charge in [-0.2, -0.15) is 0 Å². The highest BCUT2D eigenvalue weighted by molar-refractivity contribution is 7.92. The van der Waals surface area contributed by atoms with Gasteiger partial charge in [-0.1, -0.05) is 55.3 Å². The molecule has 0 saturated carbocycles. The Labute approximate surface area is 213 Å². The zero-order valence-corrected chi connectivity index (χ0v) is 22.2. The number of hydrogen-bond acceptors (Lipinski definition) is 5. The van der Waals surface area contributed by atoms with Crippen molar-refractivity contribution < 1.29 is 22.7 Å². The highest BCUT2D eigenvalue weighted by atomic mass is 35.5. The zero-order chi connectivity index (χ0) is 26.0. The summed E-state index contributed by atoms with van der Waals surface area (Å²) in [5, 5.41) is 3.29. The van der Waals surface area contributed by atoms with E-state index < -0.39 is 28.5 Å². The van der Waals surface area contributed by atoms with Crippen LogP contribution >= 0.6 is 11.6 Å². The lowest BCUT2D eigenvalue weighted by molar-refractivity contribution is -0.139. The molecule has 0 aliphatic heterocycles. The third kappa shape index (κ3) is 8.14. The van der Waals surface area contributed by atoms with E-state index in [2.05, 4.69) is 5.32 Å². The number of nitrogens with zero attached hydrogens (tertiary/aromatic N) is 2. The fourth-order valence-electron chi connectivity index (χ4n) is 3.46. The molecule has 2 amide bonds. The topological polar surface area (TPSA) is 96.0 Å². The van der Waals surface area contributed by atoms with Crippen LogP contribution in [-0.4, -0.2) is 57.1 Å². The van der Waals surface area contributed by atoms with Crippen LogP contribution in [0.3, 0.4) is 0 Å². The second kappa shape index (κ2) is 13.3. The van der Waals surface area contributed by atoms with Gasteiger partial charge in [-0.25, -0.2) is 8.42 Å². The van der Waals surface area contributed by atoms with E-state index >= 15 is 0 Å². The van der Waals surface area contributed by atoms with E-state index in [1.54, 1.807) is 62.4 Å². The lowest BCUT2D eigenvalue weighted by Crippen LogP contribution is -2.51. The van der Waals surface area contributed by atoms with E-state index in [0.29, 0.717) is 29.5 Å². The minimum atomic E-state index is -3.85. The van der Waals surface area contributed by atoms with Crippen molar-refractivity contribution in [2.24, 2.45) is 0 Å². The first-order valence-electron chi connectivity index (χ1n) is 11.6. The van der Waals surface area contributed by atoms with Crippen LogP contribution in [0, 0.1) is 0 Å². The number of unbranched alkanes of at least 4 members (excludes halogenated alkanes) is 1. The van der Waals surface area contributed by atoms with Crippen molar-refractivity contribution in [3.05, 3.63) is 59.1 Å². The van der Waals surface area contributed by atoms with E-state index in [1.807, 2.05) is 6.92 Å². The van der Waals surface area contributed by atoms with Gasteiger partial charge in [0.15, 0.2) is 0 Å². The number of benzene rings is 2. The maximum atomic E-state index is 13.6. The summed E-state index contributed by atoms with van der Waals surface area (Å²) in [7, 11) is -3.85. The fraction of sp³-hybridized carbons (Fsp3) is 0.440. The molecule has 0 fully saturated rings. The Kier molecular flexibility index (Phi) is 10.9. The lowest BCUT2D eigenvalue weighted by Gasteiger charge is -2.32. The first-order valence-corrected chi connectivity index (χ1v) is 13.8. The second-order valence-corrected chi connectivity index (χ2v) is 10.4. The second-order valence-electron chi connectivity index (χ2n) is 8.10. The molecule has 0 spiro atoms. The van der Waals surface area contributed by atoms with E-state index in [0.717, 1.165) is 23.4 Å². The summed E-state index contributed by atoms with van der Waals surface area (Å²) in [6.45, 7) is 5.79. The molecule has 0 bridgehead atoms. The Bertz CT molecular complexity index is 1110. The summed E-state index contributed by atoms with van der Waals surface area (Å²) in [6.07, 6.45) is 2.76. The Morgan fingerprint density at radius 2 is 1.74 bits per heavy atom. The number of ether oxygens (including phenoxy) is 1. The Morgan fingerprint density at radius 3 is 2.37 bits per heavy atom. The average molecular weight is 524 g/mol. The highest BCUT2D eigenvalue weighted by Crippen LogP contribution is 2.30. The summed E-state index contributed by atoms with van der Waals surface area (Å²) in [5.74, 6) is -0.518. The summed E-state index contributed by atoms with van der Waals surface area (Å²) in [5.41, 5.74) is 0.902. The van der Waals surface area contributed by atoms with E-state index in [9.17, 15) is 18.0 Å². The smallest absolute Gasteiger partial charge is 0.244 e. The zero-order valence-electron chi connectivity index (χ0n) is 20.7. The number of rotatable bonds is 13. The van der Waals surface area contributed by atoms with E-state index in [1.165, 1.54) is 4.90 Å². The van der Waals surface area contributed by atoms with Gasteiger partial charge in [-0.3, -0.25) is 13.9 Å². The molecule has 0 radical (unpaired) electrons. The largest absolute Gasteiger partial charge is 0.492 e. The van der Waals surface area contributed by atoms with Crippen molar-refractivity contribution in [2.45, 2.75) is 46.2 Å². The number of nitrogens with one attached hydrogen (secondary N) is 1. The molecule has 2 rings (SSSR count). The van der Waals surface area contributed by atoms with Crippen molar-refractivity contribution in [1.29, 1.82) is 0 Å². The van der Waals surface area contributed by atoms with Gasteiger partial charge in [-0.05, 0) is 44.0 Å². The van der Waals surface area contributed by atoms with Gasteiger partial charge in [0.2, 0.25) is 21.8 Å². The Morgan fingerprint density at radius 1 is 1.09 bits per heavy atom. The van der Waals surface area contributed by atoms with Gasteiger partial charge in [0, 0.05) is 18.1 Å². The Balaban J connectivity index is 2.41. The number of hydrogen-bond donors (Lipinski definition) is 1. The minimum Gasteiger partial charge on any atom is -0.492 e. The number of halogens is 1. The van der Waals surface area contributed by atoms with Crippen LogP contribution in [0.25, 0.3) is 0 Å².